The van der Waals surface area contributed by atoms with Crippen LogP contribution in [0.3, 0.4) is 0 Å². The summed E-state index contributed by atoms with van der Waals surface area (Å²) in [5, 5.41) is 7.92. The van der Waals surface area contributed by atoms with Gasteiger partial charge in [-0.15, -0.1) is 12.4 Å². The molecule has 1 aliphatic carbocycles. The van der Waals surface area contributed by atoms with Crippen molar-refractivity contribution in [2.75, 3.05) is 24.5 Å². The molecule has 2 aliphatic rings. The lowest BCUT2D eigenvalue weighted by atomic mass is 9.95. The Morgan fingerprint density at radius 2 is 1.83 bits per heavy atom. The zero-order valence-corrected chi connectivity index (χ0v) is 17.6. The first-order chi connectivity index (χ1) is 14.3. The second kappa shape index (κ2) is 8.83. The second-order valence-electron chi connectivity index (χ2n) is 7.42. The van der Waals surface area contributed by atoms with E-state index in [0.717, 1.165) is 33.9 Å². The first-order valence-electron chi connectivity index (χ1n) is 10.1. The van der Waals surface area contributed by atoms with Crippen molar-refractivity contribution in [3.63, 3.8) is 0 Å². The lowest BCUT2D eigenvalue weighted by Gasteiger charge is -2.24. The van der Waals surface area contributed by atoms with Crippen LogP contribution < -0.4 is 24.8 Å². The number of ether oxygens (including phenoxy) is 3. The zero-order chi connectivity index (χ0) is 19.6. The van der Waals surface area contributed by atoms with Crippen LogP contribution in [0.15, 0.2) is 36.4 Å². The molecule has 0 unspecified atom stereocenters. The summed E-state index contributed by atoms with van der Waals surface area (Å²) in [6.07, 6.45) is 6.16. The second-order valence-corrected chi connectivity index (χ2v) is 7.42. The van der Waals surface area contributed by atoms with Gasteiger partial charge in [0, 0.05) is 23.2 Å². The Morgan fingerprint density at radius 3 is 2.67 bits per heavy atom. The minimum absolute atomic E-state index is 0. The van der Waals surface area contributed by atoms with Crippen molar-refractivity contribution in [2.45, 2.75) is 38.1 Å². The number of nitrogens with zero attached hydrogens (tertiary/aromatic N) is 2. The van der Waals surface area contributed by atoms with E-state index in [1.165, 1.54) is 32.1 Å². The van der Waals surface area contributed by atoms with Crippen molar-refractivity contribution in [1.82, 2.24) is 9.97 Å². The summed E-state index contributed by atoms with van der Waals surface area (Å²) in [5.74, 6) is 3.54. The number of para-hydroxylation sites is 1. The van der Waals surface area contributed by atoms with Crippen LogP contribution in [0.5, 0.6) is 17.2 Å². The van der Waals surface area contributed by atoms with Gasteiger partial charge in [0.05, 0.1) is 7.11 Å². The average molecular weight is 429 g/mol. The third-order valence-corrected chi connectivity index (χ3v) is 5.48. The van der Waals surface area contributed by atoms with Gasteiger partial charge in [0.15, 0.2) is 11.5 Å². The van der Waals surface area contributed by atoms with Crippen LogP contribution in [0.2, 0.25) is 0 Å². The maximum absolute atomic E-state index is 5.56. The number of hydrogen-bond donors (Lipinski definition) is 2. The number of hydrogen-bond acceptors (Lipinski definition) is 7. The molecule has 7 nitrogen and oxygen atoms in total. The first-order valence-corrected chi connectivity index (χ1v) is 10.1. The number of rotatable bonds is 5. The van der Waals surface area contributed by atoms with Crippen molar-refractivity contribution in [2.24, 2.45) is 0 Å². The predicted octanol–water partition coefficient (Wildman–Crippen LogP) is 5.28. The fourth-order valence-corrected chi connectivity index (χ4v) is 4.00. The fraction of sp³-hybridized carbons (Fsp3) is 0.364. The summed E-state index contributed by atoms with van der Waals surface area (Å²) >= 11 is 0. The van der Waals surface area contributed by atoms with Gasteiger partial charge in [-0.2, -0.15) is 4.98 Å². The standard InChI is InChI=1S/C22H24N4O3.ClH/c1-27-18-9-5-8-16-20(18)25-22(26-21(16)23-14-6-3-2-4-7-14)24-15-10-11-17-19(12-15)29-13-28-17;/h5,8-12,14H,2-4,6-7,13H2,1H3,(H2,23,24,25,26);1H. The topological polar surface area (TPSA) is 77.5 Å². The number of benzene rings is 2. The number of nitrogens with one attached hydrogen (secondary N) is 2. The quantitative estimate of drug-likeness (QED) is 0.572. The molecule has 1 aliphatic heterocycles. The number of fused-ring (bicyclic) bond motifs is 2. The minimum Gasteiger partial charge on any atom is -0.494 e. The van der Waals surface area contributed by atoms with Crippen molar-refractivity contribution in [3.05, 3.63) is 36.4 Å². The van der Waals surface area contributed by atoms with Crippen LogP contribution >= 0.6 is 12.4 Å². The summed E-state index contributed by atoms with van der Waals surface area (Å²) in [5.41, 5.74) is 1.62. The highest BCUT2D eigenvalue weighted by Crippen LogP contribution is 2.36. The molecular weight excluding hydrogens is 404 g/mol. The summed E-state index contributed by atoms with van der Waals surface area (Å²) in [4.78, 5) is 9.53. The van der Waals surface area contributed by atoms with Gasteiger partial charge in [-0.1, -0.05) is 25.3 Å². The molecule has 0 amide bonds. The van der Waals surface area contributed by atoms with Crippen LogP contribution in [-0.4, -0.2) is 29.9 Å². The van der Waals surface area contributed by atoms with Crippen molar-refractivity contribution in [3.8, 4) is 17.2 Å². The molecule has 0 spiro atoms. The van der Waals surface area contributed by atoms with Crippen molar-refractivity contribution in [1.29, 1.82) is 0 Å². The van der Waals surface area contributed by atoms with Gasteiger partial charge in [0.25, 0.3) is 0 Å². The van der Waals surface area contributed by atoms with Crippen LogP contribution in [0.25, 0.3) is 10.9 Å². The molecule has 8 heteroatoms. The van der Waals surface area contributed by atoms with Crippen molar-refractivity contribution < 1.29 is 14.2 Å². The van der Waals surface area contributed by atoms with E-state index < -0.39 is 0 Å². The van der Waals surface area contributed by atoms with Crippen molar-refractivity contribution >= 4 is 40.8 Å². The van der Waals surface area contributed by atoms with E-state index in [1.807, 2.05) is 36.4 Å². The molecule has 2 aromatic carbocycles. The molecule has 1 saturated carbocycles. The van der Waals surface area contributed by atoms with Gasteiger partial charge < -0.3 is 24.8 Å². The molecule has 2 heterocycles. The molecule has 0 saturated heterocycles. The number of anilines is 3. The normalized spacial score (nSPS) is 15.5. The number of halogens is 1. The molecule has 2 N–H and O–H groups in total. The molecule has 158 valence electrons. The Hall–Kier alpha value is -2.93. The highest BCUT2D eigenvalue weighted by molar-refractivity contribution is 5.94. The van der Waals surface area contributed by atoms with Gasteiger partial charge >= 0.3 is 0 Å². The maximum atomic E-state index is 5.56. The van der Waals surface area contributed by atoms with E-state index >= 15 is 0 Å². The van der Waals surface area contributed by atoms with E-state index in [9.17, 15) is 0 Å². The van der Waals surface area contributed by atoms with Gasteiger partial charge in [0.2, 0.25) is 12.7 Å². The van der Waals surface area contributed by atoms with Gasteiger partial charge in [-0.05, 0) is 37.1 Å². The average Bonchev–Trinajstić information content (AvgIpc) is 3.22. The van der Waals surface area contributed by atoms with Crippen LogP contribution in [0, 0.1) is 0 Å². The SMILES string of the molecule is COc1cccc2c(NC3CCCCC3)nc(Nc3ccc4c(c3)OCO4)nc12.Cl. The third-order valence-electron chi connectivity index (χ3n) is 5.48. The van der Waals surface area contributed by atoms with E-state index in [4.69, 9.17) is 24.2 Å². The third kappa shape index (κ3) is 4.03. The molecular formula is C22H25ClN4O3. The summed E-state index contributed by atoms with van der Waals surface area (Å²) in [6.45, 7) is 0.248. The van der Waals surface area contributed by atoms with Crippen LogP contribution in [0.4, 0.5) is 17.5 Å². The van der Waals surface area contributed by atoms with Crippen LogP contribution in [0.1, 0.15) is 32.1 Å². The molecule has 3 aromatic rings. The minimum atomic E-state index is 0. The van der Waals surface area contributed by atoms with E-state index in [1.54, 1.807) is 7.11 Å². The van der Waals surface area contributed by atoms with E-state index in [0.29, 0.717) is 17.7 Å². The van der Waals surface area contributed by atoms with Gasteiger partial charge in [0.1, 0.15) is 17.1 Å². The molecule has 1 fully saturated rings. The van der Waals surface area contributed by atoms with Crippen LogP contribution in [-0.2, 0) is 0 Å². The molecule has 0 radical (unpaired) electrons. The molecule has 0 bridgehead atoms. The van der Waals surface area contributed by atoms with E-state index in [2.05, 4.69) is 10.6 Å². The molecule has 0 atom stereocenters. The largest absolute Gasteiger partial charge is 0.494 e. The van der Waals surface area contributed by atoms with E-state index in [-0.39, 0.29) is 19.2 Å². The number of aromatic nitrogens is 2. The Balaban J connectivity index is 0.00000218. The summed E-state index contributed by atoms with van der Waals surface area (Å²) in [7, 11) is 1.66. The fourth-order valence-electron chi connectivity index (χ4n) is 4.00. The Morgan fingerprint density at radius 1 is 1.00 bits per heavy atom. The predicted molar refractivity (Wildman–Crippen MR) is 120 cm³/mol. The highest BCUT2D eigenvalue weighted by atomic mass is 35.5. The van der Waals surface area contributed by atoms with Gasteiger partial charge in [-0.25, -0.2) is 4.98 Å². The Bertz CT molecular complexity index is 1040. The number of methoxy groups -OCH3 is 1. The first kappa shape index (κ1) is 20.3. The molecule has 5 rings (SSSR count). The Labute approximate surface area is 181 Å². The lowest BCUT2D eigenvalue weighted by Crippen LogP contribution is -2.23. The Kier molecular flexibility index (Phi) is 5.99. The summed E-state index contributed by atoms with van der Waals surface area (Å²) < 4.78 is 16.4. The maximum Gasteiger partial charge on any atom is 0.231 e. The zero-order valence-electron chi connectivity index (χ0n) is 16.8. The van der Waals surface area contributed by atoms with Gasteiger partial charge in [-0.3, -0.25) is 0 Å². The highest BCUT2D eigenvalue weighted by Gasteiger charge is 2.18. The molecule has 1 aromatic heterocycles. The monoisotopic (exact) mass is 428 g/mol. The summed E-state index contributed by atoms with van der Waals surface area (Å²) in [6, 6.07) is 12.1. The molecule has 30 heavy (non-hydrogen) atoms. The smallest absolute Gasteiger partial charge is 0.231 e. The lowest BCUT2D eigenvalue weighted by molar-refractivity contribution is 0.174.